The van der Waals surface area contributed by atoms with Crippen LogP contribution in [-0.4, -0.2) is 38.2 Å². The van der Waals surface area contributed by atoms with E-state index in [0.29, 0.717) is 11.4 Å². The van der Waals surface area contributed by atoms with E-state index in [1.165, 1.54) is 0 Å². The summed E-state index contributed by atoms with van der Waals surface area (Å²) < 4.78 is 13.0. The largest absolute Gasteiger partial charge is 0.507 e. The molecule has 3 aromatic rings. The molecule has 8 heteroatoms. The third-order valence-corrected chi connectivity index (χ3v) is 4.84. The molecule has 2 aromatic heterocycles. The van der Waals surface area contributed by atoms with Gasteiger partial charge in [0.2, 0.25) is 0 Å². The van der Waals surface area contributed by atoms with E-state index in [9.17, 15) is 9.90 Å². The van der Waals surface area contributed by atoms with Crippen molar-refractivity contribution in [1.29, 1.82) is 0 Å². The summed E-state index contributed by atoms with van der Waals surface area (Å²) in [6.45, 7) is 6.12. The average Bonchev–Trinajstić information content (AvgIpc) is 3.10. The molecule has 1 unspecified atom stereocenters. The predicted octanol–water partition coefficient (Wildman–Crippen LogP) is 4.85. The molecule has 3 heterocycles. The van der Waals surface area contributed by atoms with Crippen LogP contribution in [0.15, 0.2) is 36.7 Å². The van der Waals surface area contributed by atoms with Gasteiger partial charge in [0, 0.05) is 29.3 Å². The Morgan fingerprint density at radius 2 is 2.10 bits per heavy atom. The van der Waals surface area contributed by atoms with Crippen LogP contribution >= 0.6 is 0 Å². The van der Waals surface area contributed by atoms with Crippen LogP contribution in [0.4, 0.5) is 10.6 Å². The first-order valence-electron chi connectivity index (χ1n) is 10.1. The van der Waals surface area contributed by atoms with E-state index in [1.54, 1.807) is 51.4 Å². The molecule has 2 N–H and O–H groups in total. The van der Waals surface area contributed by atoms with E-state index in [1.807, 2.05) is 10.7 Å². The van der Waals surface area contributed by atoms with Crippen molar-refractivity contribution in [2.45, 2.75) is 51.9 Å². The number of ether oxygens (including phenoxy) is 2. The number of fused-ring (bicyclic) bond motifs is 1. The molecule has 1 aliphatic heterocycles. The first-order chi connectivity index (χ1) is 14.3. The molecule has 0 saturated carbocycles. The maximum atomic E-state index is 11.9. The van der Waals surface area contributed by atoms with Crippen LogP contribution in [0, 0.1) is 0 Å². The summed E-state index contributed by atoms with van der Waals surface area (Å²) in [4.78, 5) is 16.2. The lowest BCUT2D eigenvalue weighted by Crippen LogP contribution is -2.27. The summed E-state index contributed by atoms with van der Waals surface area (Å²) >= 11 is 0. The number of aromatic nitrogens is 3. The third kappa shape index (κ3) is 4.38. The van der Waals surface area contributed by atoms with Crippen molar-refractivity contribution in [2.75, 3.05) is 11.9 Å². The molecule has 0 spiro atoms. The Labute approximate surface area is 174 Å². The molecule has 1 saturated heterocycles. The van der Waals surface area contributed by atoms with Gasteiger partial charge in [0.25, 0.3) is 0 Å². The highest BCUT2D eigenvalue weighted by Crippen LogP contribution is 2.35. The average molecular weight is 410 g/mol. The molecule has 0 aliphatic carbocycles. The number of phenols is 1. The lowest BCUT2D eigenvalue weighted by atomic mass is 10.0. The number of pyridine rings is 1. The number of carbonyl (C=O) groups excluding carboxylic acids is 1. The summed E-state index contributed by atoms with van der Waals surface area (Å²) in [5.41, 5.74) is 1.67. The van der Waals surface area contributed by atoms with Crippen molar-refractivity contribution in [3.63, 3.8) is 0 Å². The van der Waals surface area contributed by atoms with Crippen molar-refractivity contribution >= 4 is 22.8 Å². The van der Waals surface area contributed by atoms with Crippen LogP contribution < -0.4 is 5.32 Å². The van der Waals surface area contributed by atoms with E-state index >= 15 is 0 Å². The maximum Gasteiger partial charge on any atom is 0.413 e. The molecule has 1 amide bonds. The normalized spacial score (nSPS) is 17.1. The molecule has 1 aromatic carbocycles. The molecule has 158 valence electrons. The standard InChI is InChI=1S/C22H26N4O4/c1-22(2,3)30-21(28)25-19-8-7-14(12-23-19)16-11-17-15(10-18(16)27)13-24-26(17)20-6-4-5-9-29-20/h7-8,10-13,20,27H,4-6,9H2,1-3H3,(H,23,25,28). The maximum absolute atomic E-state index is 11.9. The van der Waals surface area contributed by atoms with E-state index in [0.717, 1.165) is 42.3 Å². The fraction of sp³-hybridized carbons (Fsp3) is 0.409. The summed E-state index contributed by atoms with van der Waals surface area (Å²) in [5.74, 6) is 0.510. The van der Waals surface area contributed by atoms with Crippen LogP contribution in [0.2, 0.25) is 0 Å². The molecular formula is C22H26N4O4. The quantitative estimate of drug-likeness (QED) is 0.640. The van der Waals surface area contributed by atoms with Gasteiger partial charge in [0.05, 0.1) is 11.7 Å². The van der Waals surface area contributed by atoms with Gasteiger partial charge in [0.15, 0.2) is 6.23 Å². The summed E-state index contributed by atoms with van der Waals surface area (Å²) in [7, 11) is 0. The van der Waals surface area contributed by atoms with Gasteiger partial charge in [-0.3, -0.25) is 5.32 Å². The zero-order valence-electron chi connectivity index (χ0n) is 17.4. The number of anilines is 1. The SMILES string of the molecule is CC(C)(C)OC(=O)Nc1ccc(-c2cc3c(cnn3C3CCCCO3)cc2O)cn1. The Bertz CT molecular complexity index is 1050. The van der Waals surface area contributed by atoms with Gasteiger partial charge in [-0.15, -0.1) is 0 Å². The van der Waals surface area contributed by atoms with Crippen molar-refractivity contribution in [3.8, 4) is 16.9 Å². The molecular weight excluding hydrogens is 384 g/mol. The number of aromatic hydroxyl groups is 1. The fourth-order valence-electron chi connectivity index (χ4n) is 3.49. The summed E-state index contributed by atoms with van der Waals surface area (Å²) in [6, 6.07) is 7.06. The predicted molar refractivity (Wildman–Crippen MR) is 113 cm³/mol. The molecule has 0 bridgehead atoms. The van der Waals surface area contributed by atoms with Crippen LogP contribution in [0.5, 0.6) is 5.75 Å². The number of nitrogens with zero attached hydrogens (tertiary/aromatic N) is 3. The Kier molecular flexibility index (Phi) is 5.34. The summed E-state index contributed by atoms with van der Waals surface area (Å²) in [5, 5.41) is 18.5. The minimum atomic E-state index is -0.587. The molecule has 0 radical (unpaired) electrons. The lowest BCUT2D eigenvalue weighted by molar-refractivity contribution is -0.0366. The number of amides is 1. The van der Waals surface area contributed by atoms with E-state index in [2.05, 4.69) is 15.4 Å². The van der Waals surface area contributed by atoms with Gasteiger partial charge in [-0.2, -0.15) is 5.10 Å². The van der Waals surface area contributed by atoms with Gasteiger partial charge in [0.1, 0.15) is 17.2 Å². The van der Waals surface area contributed by atoms with Crippen molar-refractivity contribution < 1.29 is 19.4 Å². The molecule has 1 fully saturated rings. The second-order valence-electron chi connectivity index (χ2n) is 8.40. The number of hydrogen-bond acceptors (Lipinski definition) is 6. The minimum absolute atomic E-state index is 0.0906. The second kappa shape index (κ2) is 7.95. The summed E-state index contributed by atoms with van der Waals surface area (Å²) in [6.07, 6.45) is 5.77. The third-order valence-electron chi connectivity index (χ3n) is 4.84. The molecule has 8 nitrogen and oxygen atoms in total. The number of rotatable bonds is 3. The highest BCUT2D eigenvalue weighted by Gasteiger charge is 2.20. The molecule has 1 aliphatic rings. The number of benzene rings is 1. The highest BCUT2D eigenvalue weighted by atomic mass is 16.6. The number of hydrogen-bond donors (Lipinski definition) is 2. The van der Waals surface area contributed by atoms with E-state index in [-0.39, 0.29) is 12.0 Å². The van der Waals surface area contributed by atoms with E-state index < -0.39 is 11.7 Å². The van der Waals surface area contributed by atoms with Gasteiger partial charge in [-0.1, -0.05) is 0 Å². The second-order valence-corrected chi connectivity index (χ2v) is 8.40. The number of carbonyl (C=O) groups is 1. The molecule has 1 atom stereocenters. The Hall–Kier alpha value is -3.13. The van der Waals surface area contributed by atoms with Gasteiger partial charge in [-0.25, -0.2) is 14.5 Å². The zero-order valence-corrected chi connectivity index (χ0v) is 17.4. The lowest BCUT2D eigenvalue weighted by Gasteiger charge is -2.23. The Morgan fingerprint density at radius 3 is 2.77 bits per heavy atom. The van der Waals surface area contributed by atoms with Crippen molar-refractivity contribution in [2.24, 2.45) is 0 Å². The van der Waals surface area contributed by atoms with Gasteiger partial charge >= 0.3 is 6.09 Å². The van der Waals surface area contributed by atoms with Gasteiger partial charge < -0.3 is 14.6 Å². The first-order valence-corrected chi connectivity index (χ1v) is 10.1. The van der Waals surface area contributed by atoms with Crippen molar-refractivity contribution in [1.82, 2.24) is 14.8 Å². The van der Waals surface area contributed by atoms with Gasteiger partial charge in [-0.05, 0) is 64.3 Å². The topological polar surface area (TPSA) is 98.5 Å². The first kappa shape index (κ1) is 20.2. The van der Waals surface area contributed by atoms with Crippen LogP contribution in [-0.2, 0) is 9.47 Å². The smallest absolute Gasteiger partial charge is 0.413 e. The highest BCUT2D eigenvalue weighted by molar-refractivity contribution is 5.88. The zero-order chi connectivity index (χ0) is 21.3. The fourth-order valence-corrected chi connectivity index (χ4v) is 3.49. The Balaban J connectivity index is 1.59. The van der Waals surface area contributed by atoms with E-state index in [4.69, 9.17) is 9.47 Å². The van der Waals surface area contributed by atoms with Crippen LogP contribution in [0.3, 0.4) is 0 Å². The van der Waals surface area contributed by atoms with Crippen molar-refractivity contribution in [3.05, 3.63) is 36.7 Å². The number of nitrogens with one attached hydrogen (secondary N) is 1. The van der Waals surface area contributed by atoms with Crippen LogP contribution in [0.25, 0.3) is 22.0 Å². The molecule has 30 heavy (non-hydrogen) atoms. The van der Waals surface area contributed by atoms with Crippen LogP contribution in [0.1, 0.15) is 46.3 Å². The molecule has 4 rings (SSSR count). The minimum Gasteiger partial charge on any atom is -0.507 e. The number of phenolic OH excluding ortho intramolecular Hbond substituents is 1. The monoisotopic (exact) mass is 410 g/mol. The Morgan fingerprint density at radius 1 is 1.27 bits per heavy atom.